The fourth-order valence-electron chi connectivity index (χ4n) is 1.52. The first-order chi connectivity index (χ1) is 9.00. The average molecular weight is 349 g/mol. The van der Waals surface area contributed by atoms with Gasteiger partial charge in [0.1, 0.15) is 5.75 Å². The second-order valence-corrected chi connectivity index (χ2v) is 4.97. The number of alkyl halides is 2. The molecule has 0 bridgehead atoms. The number of ether oxygens (including phenoxy) is 1. The molecule has 0 unspecified atom stereocenters. The minimum atomic E-state index is -2.64. The highest BCUT2D eigenvalue weighted by molar-refractivity contribution is 9.10. The number of halogens is 4. The lowest BCUT2D eigenvalue weighted by Gasteiger charge is -2.14. The Bertz CT molecular complexity index is 607. The van der Waals surface area contributed by atoms with Gasteiger partial charge in [-0.15, -0.1) is 0 Å². The monoisotopic (exact) mass is 347 g/mol. The van der Waals surface area contributed by atoms with Crippen molar-refractivity contribution in [2.24, 2.45) is 0 Å². The molecule has 0 atom stereocenters. The highest BCUT2D eigenvalue weighted by Gasteiger charge is 2.17. The van der Waals surface area contributed by atoms with E-state index in [2.05, 4.69) is 15.9 Å². The fourth-order valence-corrected chi connectivity index (χ4v) is 2.03. The Kier molecular flexibility index (Phi) is 4.27. The largest absolute Gasteiger partial charge is 0.453 e. The molecule has 19 heavy (non-hydrogen) atoms. The summed E-state index contributed by atoms with van der Waals surface area (Å²) in [5.41, 5.74) is 5.86. The first-order valence-electron chi connectivity index (χ1n) is 5.29. The van der Waals surface area contributed by atoms with Crippen molar-refractivity contribution < 1.29 is 13.5 Å². The predicted octanol–water partition coefficient (Wildman–Crippen LogP) is 5.41. The maximum Gasteiger partial charge on any atom is 0.267 e. The van der Waals surface area contributed by atoms with E-state index in [1.807, 2.05) is 0 Å². The van der Waals surface area contributed by atoms with Crippen molar-refractivity contribution in [2.45, 2.75) is 6.43 Å². The van der Waals surface area contributed by atoms with E-state index >= 15 is 0 Å². The summed E-state index contributed by atoms with van der Waals surface area (Å²) in [6, 6.07) is 9.08. The van der Waals surface area contributed by atoms with E-state index in [-0.39, 0.29) is 27.8 Å². The van der Waals surface area contributed by atoms with E-state index in [0.29, 0.717) is 4.47 Å². The third kappa shape index (κ3) is 2.98. The average Bonchev–Trinajstić information content (AvgIpc) is 2.39. The van der Waals surface area contributed by atoms with Gasteiger partial charge in [-0.2, -0.15) is 0 Å². The van der Waals surface area contributed by atoms with E-state index in [1.165, 1.54) is 18.2 Å². The van der Waals surface area contributed by atoms with Crippen molar-refractivity contribution in [3.05, 3.63) is 51.5 Å². The molecule has 6 heteroatoms. The predicted molar refractivity (Wildman–Crippen MR) is 75.0 cm³/mol. The molecule has 2 aromatic rings. The molecule has 0 saturated heterocycles. The van der Waals surface area contributed by atoms with Gasteiger partial charge < -0.3 is 10.5 Å². The summed E-state index contributed by atoms with van der Waals surface area (Å²) in [5, 5.41) is 0.254. The SMILES string of the molecule is Nc1c(Br)ccc(Cl)c1Oc1ccccc1C(F)F. The third-order valence-electron chi connectivity index (χ3n) is 2.46. The van der Waals surface area contributed by atoms with Gasteiger partial charge >= 0.3 is 0 Å². The third-order valence-corrected chi connectivity index (χ3v) is 3.45. The normalized spacial score (nSPS) is 10.8. The molecule has 0 aliphatic rings. The summed E-state index contributed by atoms with van der Waals surface area (Å²) in [7, 11) is 0. The van der Waals surface area contributed by atoms with E-state index < -0.39 is 6.43 Å². The number of benzene rings is 2. The summed E-state index contributed by atoms with van der Waals surface area (Å²) in [6.45, 7) is 0. The first kappa shape index (κ1) is 14.1. The molecule has 0 aromatic heterocycles. The molecule has 2 nitrogen and oxygen atoms in total. The summed E-state index contributed by atoms with van der Waals surface area (Å²) in [6.07, 6.45) is -2.64. The minimum Gasteiger partial charge on any atom is -0.453 e. The Balaban J connectivity index is 2.45. The van der Waals surface area contributed by atoms with Crippen molar-refractivity contribution in [3.63, 3.8) is 0 Å². The number of rotatable bonds is 3. The summed E-state index contributed by atoms with van der Waals surface area (Å²) >= 11 is 9.20. The maximum absolute atomic E-state index is 12.9. The summed E-state index contributed by atoms with van der Waals surface area (Å²) < 4.78 is 31.7. The maximum atomic E-state index is 12.9. The summed E-state index contributed by atoms with van der Waals surface area (Å²) in [4.78, 5) is 0. The topological polar surface area (TPSA) is 35.2 Å². The van der Waals surface area contributed by atoms with Crippen molar-refractivity contribution >= 4 is 33.2 Å². The van der Waals surface area contributed by atoms with Gasteiger partial charge in [-0.1, -0.05) is 23.7 Å². The molecule has 0 aliphatic carbocycles. The molecule has 100 valence electrons. The Morgan fingerprint density at radius 2 is 1.84 bits per heavy atom. The van der Waals surface area contributed by atoms with Crippen LogP contribution in [0.5, 0.6) is 11.5 Å². The highest BCUT2D eigenvalue weighted by Crippen LogP contribution is 2.41. The zero-order valence-electron chi connectivity index (χ0n) is 9.54. The van der Waals surface area contributed by atoms with Crippen LogP contribution in [0.25, 0.3) is 0 Å². The second-order valence-electron chi connectivity index (χ2n) is 3.71. The van der Waals surface area contributed by atoms with Crippen LogP contribution in [0.1, 0.15) is 12.0 Å². The van der Waals surface area contributed by atoms with Gasteiger partial charge in [-0.25, -0.2) is 8.78 Å². The van der Waals surface area contributed by atoms with E-state index in [0.717, 1.165) is 0 Å². The van der Waals surface area contributed by atoms with Crippen LogP contribution in [-0.4, -0.2) is 0 Å². The molecule has 0 spiro atoms. The van der Waals surface area contributed by atoms with E-state index in [4.69, 9.17) is 22.1 Å². The standard InChI is InChI=1S/C13H9BrClF2NO/c14-8-5-6-9(15)12(11(8)18)19-10-4-2-1-3-7(10)13(16)17/h1-6,13H,18H2. The van der Waals surface area contributed by atoms with Crippen LogP contribution in [0.15, 0.2) is 40.9 Å². The van der Waals surface area contributed by atoms with Gasteiger partial charge in [-0.05, 0) is 40.2 Å². The van der Waals surface area contributed by atoms with Crippen LogP contribution < -0.4 is 10.5 Å². The van der Waals surface area contributed by atoms with Crippen molar-refractivity contribution in [3.8, 4) is 11.5 Å². The van der Waals surface area contributed by atoms with Gasteiger partial charge in [0, 0.05) is 4.47 Å². The van der Waals surface area contributed by atoms with E-state index in [9.17, 15) is 8.78 Å². The lowest BCUT2D eigenvalue weighted by Crippen LogP contribution is -1.97. The number of hydrogen-bond donors (Lipinski definition) is 1. The smallest absolute Gasteiger partial charge is 0.267 e. The lowest BCUT2D eigenvalue weighted by atomic mass is 10.2. The molecule has 0 aliphatic heterocycles. The van der Waals surface area contributed by atoms with Crippen LogP contribution in [-0.2, 0) is 0 Å². The van der Waals surface area contributed by atoms with E-state index in [1.54, 1.807) is 18.2 Å². The molecular weight excluding hydrogens is 340 g/mol. The minimum absolute atomic E-state index is 0.0317. The van der Waals surface area contributed by atoms with Crippen LogP contribution in [0.3, 0.4) is 0 Å². The molecule has 0 saturated carbocycles. The molecule has 2 rings (SSSR count). The Morgan fingerprint density at radius 3 is 2.53 bits per heavy atom. The fraction of sp³-hybridized carbons (Fsp3) is 0.0769. The zero-order valence-corrected chi connectivity index (χ0v) is 11.9. The van der Waals surface area contributed by atoms with Gasteiger partial charge in [0.15, 0.2) is 5.75 Å². The van der Waals surface area contributed by atoms with Crippen LogP contribution in [0, 0.1) is 0 Å². The van der Waals surface area contributed by atoms with Gasteiger partial charge in [-0.3, -0.25) is 0 Å². The Labute approximate surface area is 122 Å². The van der Waals surface area contributed by atoms with Crippen molar-refractivity contribution in [1.29, 1.82) is 0 Å². The molecular formula is C13H9BrClF2NO. The molecule has 2 aromatic carbocycles. The van der Waals surface area contributed by atoms with Crippen LogP contribution >= 0.6 is 27.5 Å². The van der Waals surface area contributed by atoms with Crippen molar-refractivity contribution in [2.75, 3.05) is 5.73 Å². The number of anilines is 1. The van der Waals surface area contributed by atoms with Crippen LogP contribution in [0.2, 0.25) is 5.02 Å². The second kappa shape index (κ2) is 5.75. The Hall–Kier alpha value is -1.33. The van der Waals surface area contributed by atoms with Gasteiger partial charge in [0.05, 0.1) is 16.3 Å². The number of nitrogens with two attached hydrogens (primary N) is 1. The highest BCUT2D eigenvalue weighted by atomic mass is 79.9. The molecule has 2 N–H and O–H groups in total. The first-order valence-corrected chi connectivity index (χ1v) is 6.46. The molecule has 0 heterocycles. The molecule has 0 fully saturated rings. The number of para-hydroxylation sites is 1. The number of nitrogen functional groups attached to an aromatic ring is 1. The zero-order chi connectivity index (χ0) is 14.0. The summed E-state index contributed by atoms with van der Waals surface area (Å²) in [5.74, 6) is 0.188. The number of hydrogen-bond acceptors (Lipinski definition) is 2. The van der Waals surface area contributed by atoms with Gasteiger partial charge in [0.25, 0.3) is 6.43 Å². The Morgan fingerprint density at radius 1 is 1.16 bits per heavy atom. The lowest BCUT2D eigenvalue weighted by molar-refractivity contribution is 0.148. The quantitative estimate of drug-likeness (QED) is 0.752. The molecule has 0 amide bonds. The van der Waals surface area contributed by atoms with Crippen molar-refractivity contribution in [1.82, 2.24) is 0 Å². The van der Waals surface area contributed by atoms with Crippen LogP contribution in [0.4, 0.5) is 14.5 Å². The van der Waals surface area contributed by atoms with Gasteiger partial charge in [0.2, 0.25) is 0 Å². The molecule has 0 radical (unpaired) electrons.